The first-order chi connectivity index (χ1) is 13.3. The topological polar surface area (TPSA) is 118 Å². The Hall–Kier alpha value is -3.34. The van der Waals surface area contributed by atoms with Gasteiger partial charge in [0.2, 0.25) is 11.9 Å². The molecule has 0 spiro atoms. The molecule has 11 heteroatoms. The van der Waals surface area contributed by atoms with Gasteiger partial charge in [0, 0.05) is 33.1 Å². The third-order valence-electron chi connectivity index (χ3n) is 4.16. The van der Waals surface area contributed by atoms with E-state index in [0.717, 1.165) is 13.1 Å². The van der Waals surface area contributed by atoms with Crippen LogP contribution in [-0.4, -0.2) is 58.9 Å². The highest BCUT2D eigenvalue weighted by Crippen LogP contribution is 2.28. The van der Waals surface area contributed by atoms with Crippen LogP contribution in [0.3, 0.4) is 0 Å². The van der Waals surface area contributed by atoms with Gasteiger partial charge in [-0.3, -0.25) is 14.9 Å². The van der Waals surface area contributed by atoms with Crippen molar-refractivity contribution < 1.29 is 18.5 Å². The number of nitrogens with one attached hydrogen (secondary N) is 1. The number of halogens is 1. The zero-order valence-electron chi connectivity index (χ0n) is 15.4. The average Bonchev–Trinajstić information content (AvgIpc) is 3.10. The summed E-state index contributed by atoms with van der Waals surface area (Å²) in [6.45, 7) is 3.96. The van der Waals surface area contributed by atoms with Crippen molar-refractivity contribution in [3.8, 4) is 0 Å². The quantitative estimate of drug-likeness (QED) is 0.468. The Morgan fingerprint density at radius 1 is 1.29 bits per heavy atom. The van der Waals surface area contributed by atoms with Crippen LogP contribution in [0, 0.1) is 16.1 Å². The van der Waals surface area contributed by atoms with E-state index in [4.69, 9.17) is 4.42 Å². The predicted octanol–water partition coefficient (Wildman–Crippen LogP) is 2.00. The van der Waals surface area contributed by atoms with Crippen LogP contribution in [0.1, 0.15) is 18.5 Å². The molecule has 0 aliphatic carbocycles. The highest BCUT2D eigenvalue weighted by atomic mass is 19.1. The van der Waals surface area contributed by atoms with E-state index < -0.39 is 16.8 Å². The first-order valence-corrected chi connectivity index (χ1v) is 8.54. The lowest BCUT2D eigenvalue weighted by Crippen LogP contribution is -2.45. The van der Waals surface area contributed by atoms with Gasteiger partial charge in [0.05, 0.1) is 6.07 Å². The van der Waals surface area contributed by atoms with Crippen molar-refractivity contribution in [2.45, 2.75) is 6.92 Å². The molecule has 0 aromatic carbocycles. The summed E-state index contributed by atoms with van der Waals surface area (Å²) in [5.74, 6) is -1.28. The van der Waals surface area contributed by atoms with Crippen molar-refractivity contribution in [3.05, 3.63) is 39.8 Å². The maximum Gasteiger partial charge on any atom is 0.433 e. The van der Waals surface area contributed by atoms with E-state index in [1.807, 2.05) is 7.05 Å². The van der Waals surface area contributed by atoms with Crippen LogP contribution in [0.25, 0.3) is 12.2 Å². The number of hydrogen-bond acceptors (Lipinski definition) is 8. The average molecular weight is 390 g/mol. The van der Waals surface area contributed by atoms with Crippen LogP contribution in [0.2, 0.25) is 0 Å². The Morgan fingerprint density at radius 3 is 2.61 bits per heavy atom. The fourth-order valence-corrected chi connectivity index (χ4v) is 2.77. The number of amides is 1. The van der Waals surface area contributed by atoms with E-state index in [9.17, 15) is 19.3 Å². The van der Waals surface area contributed by atoms with Crippen molar-refractivity contribution in [3.63, 3.8) is 0 Å². The molecule has 1 N–H and O–H groups in total. The fraction of sp³-hybridized carbons (Fsp3) is 0.353. The number of anilines is 2. The van der Waals surface area contributed by atoms with Crippen LogP contribution in [-0.2, 0) is 4.79 Å². The summed E-state index contributed by atoms with van der Waals surface area (Å²) < 4.78 is 19.8. The number of carbonyl (C=O) groups is 1. The molecule has 3 heterocycles. The van der Waals surface area contributed by atoms with Crippen molar-refractivity contribution in [2.75, 3.05) is 43.4 Å². The van der Waals surface area contributed by atoms with Gasteiger partial charge in [0.25, 0.3) is 0 Å². The van der Waals surface area contributed by atoms with Gasteiger partial charge >= 0.3 is 5.88 Å². The molecule has 0 unspecified atom stereocenters. The molecule has 1 saturated heterocycles. The van der Waals surface area contributed by atoms with Gasteiger partial charge in [-0.2, -0.15) is 9.37 Å². The molecule has 1 aliphatic heterocycles. The van der Waals surface area contributed by atoms with Crippen LogP contribution in [0.4, 0.5) is 21.8 Å². The van der Waals surface area contributed by atoms with Gasteiger partial charge in [-0.25, -0.2) is 4.98 Å². The zero-order valence-corrected chi connectivity index (χ0v) is 15.4. The molecule has 1 amide bonds. The summed E-state index contributed by atoms with van der Waals surface area (Å²) in [6.07, 6.45) is 2.74. The standard InChI is InChI=1S/C17H19FN6O4/c1-11(25)19-17-15(23-9-7-22(2)8-10-23)16(18)20-13(21-17)5-3-12-4-6-14(28-12)24(26)27/h3-6H,7-10H2,1-2H3,(H,19,20,21,25)/b5-3+. The van der Waals surface area contributed by atoms with Gasteiger partial charge < -0.3 is 19.5 Å². The molecule has 1 fully saturated rings. The van der Waals surface area contributed by atoms with Crippen LogP contribution in [0.15, 0.2) is 16.5 Å². The molecule has 1 aliphatic rings. The second kappa shape index (κ2) is 8.13. The maximum atomic E-state index is 14.8. The summed E-state index contributed by atoms with van der Waals surface area (Å²) in [4.78, 5) is 33.5. The molecule has 3 rings (SSSR count). The molecule has 148 valence electrons. The second-order valence-electron chi connectivity index (χ2n) is 6.31. The van der Waals surface area contributed by atoms with Crippen molar-refractivity contribution in [1.29, 1.82) is 0 Å². The lowest BCUT2D eigenvalue weighted by Gasteiger charge is -2.34. The minimum absolute atomic E-state index is 0.00168. The van der Waals surface area contributed by atoms with Gasteiger partial charge in [-0.05, 0) is 25.3 Å². The largest absolute Gasteiger partial charge is 0.433 e. The number of hydrogen-bond donors (Lipinski definition) is 1. The third kappa shape index (κ3) is 4.49. The Bertz CT molecular complexity index is 920. The predicted molar refractivity (Wildman–Crippen MR) is 100 cm³/mol. The number of nitro groups is 1. The Labute approximate surface area is 159 Å². The van der Waals surface area contributed by atoms with E-state index in [0.29, 0.717) is 13.1 Å². The molecule has 0 saturated carbocycles. The SMILES string of the molecule is CC(=O)Nc1nc(/C=C/c2ccc([N+](=O)[O-])o2)nc(F)c1N1CCN(C)CC1. The number of piperazine rings is 1. The molecular weight excluding hydrogens is 371 g/mol. The normalized spacial score (nSPS) is 15.2. The monoisotopic (exact) mass is 390 g/mol. The molecule has 10 nitrogen and oxygen atoms in total. The lowest BCUT2D eigenvalue weighted by molar-refractivity contribution is -0.402. The van der Waals surface area contributed by atoms with Gasteiger partial charge in [0.15, 0.2) is 11.6 Å². The summed E-state index contributed by atoms with van der Waals surface area (Å²) in [7, 11) is 1.98. The van der Waals surface area contributed by atoms with E-state index >= 15 is 0 Å². The molecular formula is C17H19FN6O4. The molecule has 28 heavy (non-hydrogen) atoms. The minimum Gasteiger partial charge on any atom is -0.401 e. The van der Waals surface area contributed by atoms with Crippen LogP contribution >= 0.6 is 0 Å². The van der Waals surface area contributed by atoms with E-state index in [1.165, 1.54) is 31.2 Å². The zero-order chi connectivity index (χ0) is 20.3. The third-order valence-corrected chi connectivity index (χ3v) is 4.16. The van der Waals surface area contributed by atoms with E-state index in [1.54, 1.807) is 4.90 Å². The summed E-state index contributed by atoms with van der Waals surface area (Å²) in [5, 5.41) is 13.2. The van der Waals surface area contributed by atoms with Gasteiger partial charge in [-0.15, -0.1) is 0 Å². The molecule has 0 atom stereocenters. The molecule has 2 aromatic rings. The van der Waals surface area contributed by atoms with Gasteiger partial charge in [0.1, 0.15) is 16.4 Å². The van der Waals surface area contributed by atoms with Crippen molar-refractivity contribution in [1.82, 2.24) is 14.9 Å². The number of furan rings is 1. The first kappa shape index (κ1) is 19.4. The number of carbonyl (C=O) groups excluding carboxylic acids is 1. The number of rotatable bonds is 5. The molecule has 0 bridgehead atoms. The smallest absolute Gasteiger partial charge is 0.401 e. The number of nitrogens with zero attached hydrogens (tertiary/aromatic N) is 5. The number of aromatic nitrogens is 2. The lowest BCUT2D eigenvalue weighted by atomic mass is 10.3. The van der Waals surface area contributed by atoms with E-state index in [-0.39, 0.29) is 29.0 Å². The Balaban J connectivity index is 1.90. The highest BCUT2D eigenvalue weighted by Gasteiger charge is 2.24. The van der Waals surface area contributed by atoms with Gasteiger partial charge in [-0.1, -0.05) is 0 Å². The first-order valence-electron chi connectivity index (χ1n) is 8.54. The fourth-order valence-electron chi connectivity index (χ4n) is 2.77. The Morgan fingerprint density at radius 2 is 2.00 bits per heavy atom. The summed E-state index contributed by atoms with van der Waals surface area (Å²) in [6, 6.07) is 2.61. The number of likely N-dealkylation sites (N-methyl/N-ethyl adjacent to an activating group) is 1. The van der Waals surface area contributed by atoms with Crippen molar-refractivity contribution in [2.24, 2.45) is 0 Å². The summed E-state index contributed by atoms with van der Waals surface area (Å²) in [5.41, 5.74) is 0.147. The minimum atomic E-state index is -0.756. The maximum absolute atomic E-state index is 14.8. The summed E-state index contributed by atoms with van der Waals surface area (Å²) >= 11 is 0. The van der Waals surface area contributed by atoms with Crippen LogP contribution < -0.4 is 10.2 Å². The molecule has 2 aromatic heterocycles. The Kier molecular flexibility index (Phi) is 5.64. The van der Waals surface area contributed by atoms with Crippen LogP contribution in [0.5, 0.6) is 0 Å². The second-order valence-corrected chi connectivity index (χ2v) is 6.31. The van der Waals surface area contributed by atoms with E-state index in [2.05, 4.69) is 20.2 Å². The highest BCUT2D eigenvalue weighted by molar-refractivity contribution is 5.91. The van der Waals surface area contributed by atoms with Crippen molar-refractivity contribution >= 4 is 35.4 Å². The molecule has 0 radical (unpaired) electrons.